The Balaban J connectivity index is 1.36. The molecule has 34 heavy (non-hydrogen) atoms. The molecule has 2 fully saturated rings. The standard InChI is InChI=1S/C26H28N4O4/c1-33-24(31)29-12-10-18-17-7-5-9-21(19(17)15-22(18)29)27-28-26-11-13-30(25(32)34-2)23(26)14-16-6-3-4-8-20(16)26/h3-9,18,22-23H,10-15H2,1-2H3/t18-,22?,23?,26+/m1/s1. The van der Waals surface area contributed by atoms with Gasteiger partial charge in [-0.05, 0) is 54.0 Å². The fraction of sp³-hybridized carbons (Fsp3) is 0.462. The van der Waals surface area contributed by atoms with Crippen LogP contribution in [0, 0.1) is 0 Å². The molecule has 2 amide bonds. The van der Waals surface area contributed by atoms with Crippen molar-refractivity contribution in [3.63, 3.8) is 0 Å². The molecule has 0 N–H and O–H groups in total. The molecule has 2 aliphatic heterocycles. The fourth-order valence-electron chi connectivity index (χ4n) is 6.72. The smallest absolute Gasteiger partial charge is 0.409 e. The summed E-state index contributed by atoms with van der Waals surface area (Å²) in [4.78, 5) is 28.4. The number of azo groups is 1. The molecule has 2 saturated heterocycles. The molecule has 0 spiro atoms. The van der Waals surface area contributed by atoms with Crippen LogP contribution in [0.4, 0.5) is 15.3 Å². The van der Waals surface area contributed by atoms with E-state index < -0.39 is 5.54 Å². The van der Waals surface area contributed by atoms with E-state index in [-0.39, 0.29) is 24.3 Å². The van der Waals surface area contributed by atoms with Gasteiger partial charge in [0.05, 0.1) is 25.9 Å². The minimum Gasteiger partial charge on any atom is -0.453 e. The summed E-state index contributed by atoms with van der Waals surface area (Å²) in [7, 11) is 2.86. The van der Waals surface area contributed by atoms with Gasteiger partial charge in [0, 0.05) is 25.0 Å². The van der Waals surface area contributed by atoms with E-state index >= 15 is 0 Å². The minimum atomic E-state index is -0.569. The molecule has 2 aromatic carbocycles. The van der Waals surface area contributed by atoms with Gasteiger partial charge in [0.2, 0.25) is 0 Å². The number of carbonyl (C=O) groups excluding carboxylic acids is 2. The Morgan fingerprint density at radius 2 is 1.76 bits per heavy atom. The van der Waals surface area contributed by atoms with Crippen molar-refractivity contribution in [2.75, 3.05) is 27.3 Å². The van der Waals surface area contributed by atoms with Crippen molar-refractivity contribution >= 4 is 17.9 Å². The van der Waals surface area contributed by atoms with Crippen LogP contribution in [0.3, 0.4) is 0 Å². The molecule has 0 radical (unpaired) electrons. The highest BCUT2D eigenvalue weighted by Crippen LogP contribution is 2.51. The first-order chi connectivity index (χ1) is 16.6. The molecule has 0 bridgehead atoms. The summed E-state index contributed by atoms with van der Waals surface area (Å²) in [5.74, 6) is 0.309. The summed E-state index contributed by atoms with van der Waals surface area (Å²) < 4.78 is 10.1. The van der Waals surface area contributed by atoms with E-state index in [4.69, 9.17) is 19.7 Å². The zero-order valence-electron chi connectivity index (χ0n) is 19.4. The van der Waals surface area contributed by atoms with Crippen molar-refractivity contribution < 1.29 is 19.1 Å². The normalized spacial score (nSPS) is 28.6. The number of hydrogen-bond donors (Lipinski definition) is 0. The van der Waals surface area contributed by atoms with Gasteiger partial charge in [-0.15, -0.1) is 0 Å². The molecule has 2 aromatic rings. The molecule has 2 heterocycles. The Morgan fingerprint density at radius 1 is 0.971 bits per heavy atom. The molecule has 8 nitrogen and oxygen atoms in total. The van der Waals surface area contributed by atoms with Gasteiger partial charge in [0.15, 0.2) is 0 Å². The second-order valence-electron chi connectivity index (χ2n) is 9.59. The van der Waals surface area contributed by atoms with Crippen LogP contribution in [0.2, 0.25) is 0 Å². The van der Waals surface area contributed by atoms with Crippen LogP contribution in [0.5, 0.6) is 0 Å². The Morgan fingerprint density at radius 3 is 2.59 bits per heavy atom. The zero-order valence-corrected chi connectivity index (χ0v) is 19.4. The lowest BCUT2D eigenvalue weighted by molar-refractivity contribution is 0.113. The Kier molecular flexibility index (Phi) is 4.86. The van der Waals surface area contributed by atoms with Gasteiger partial charge in [-0.1, -0.05) is 36.4 Å². The largest absolute Gasteiger partial charge is 0.453 e. The second kappa shape index (κ2) is 7.82. The van der Waals surface area contributed by atoms with Crippen LogP contribution in [0.15, 0.2) is 52.7 Å². The van der Waals surface area contributed by atoms with Gasteiger partial charge in [0.25, 0.3) is 0 Å². The van der Waals surface area contributed by atoms with Crippen LogP contribution in [-0.4, -0.2) is 61.4 Å². The van der Waals surface area contributed by atoms with Crippen LogP contribution < -0.4 is 0 Å². The number of carbonyl (C=O) groups is 2. The van der Waals surface area contributed by atoms with Crippen LogP contribution in [0.1, 0.15) is 41.0 Å². The molecule has 2 aliphatic carbocycles. The maximum atomic E-state index is 12.5. The highest BCUT2D eigenvalue weighted by atomic mass is 16.5. The molecule has 6 rings (SSSR count). The molecule has 0 aromatic heterocycles. The molecule has 4 atom stereocenters. The van der Waals surface area contributed by atoms with Gasteiger partial charge >= 0.3 is 12.2 Å². The number of nitrogens with zero attached hydrogens (tertiary/aromatic N) is 4. The van der Waals surface area contributed by atoms with Crippen molar-refractivity contribution in [1.82, 2.24) is 9.80 Å². The second-order valence-corrected chi connectivity index (χ2v) is 9.59. The van der Waals surface area contributed by atoms with Gasteiger partial charge in [-0.3, -0.25) is 0 Å². The third-order valence-electron chi connectivity index (χ3n) is 8.26. The predicted octanol–water partition coefficient (Wildman–Crippen LogP) is 4.54. The lowest BCUT2D eigenvalue weighted by Crippen LogP contribution is -2.42. The summed E-state index contributed by atoms with van der Waals surface area (Å²) in [6, 6.07) is 14.5. The Bertz CT molecular complexity index is 1200. The quantitative estimate of drug-likeness (QED) is 0.616. The Hall–Kier alpha value is -3.42. The van der Waals surface area contributed by atoms with Crippen LogP contribution in [0.25, 0.3) is 0 Å². The van der Waals surface area contributed by atoms with Gasteiger partial charge in [-0.25, -0.2) is 9.59 Å². The number of likely N-dealkylation sites (tertiary alicyclic amines) is 2. The van der Waals surface area contributed by atoms with E-state index in [0.29, 0.717) is 18.9 Å². The average Bonchev–Trinajstić information content (AvgIpc) is 3.60. The molecular weight excluding hydrogens is 432 g/mol. The van der Waals surface area contributed by atoms with Gasteiger partial charge in [0.1, 0.15) is 5.54 Å². The molecule has 2 unspecified atom stereocenters. The first kappa shape index (κ1) is 21.1. The van der Waals surface area contributed by atoms with Crippen molar-refractivity contribution in [1.29, 1.82) is 0 Å². The lowest BCUT2D eigenvalue weighted by Gasteiger charge is -2.28. The maximum absolute atomic E-state index is 12.5. The van der Waals surface area contributed by atoms with Crippen molar-refractivity contribution in [2.45, 2.75) is 49.2 Å². The van der Waals surface area contributed by atoms with E-state index in [0.717, 1.165) is 42.6 Å². The number of methoxy groups -OCH3 is 2. The van der Waals surface area contributed by atoms with E-state index in [1.54, 1.807) is 4.90 Å². The zero-order chi connectivity index (χ0) is 23.4. The number of amides is 2. The van der Waals surface area contributed by atoms with Crippen molar-refractivity contribution in [3.05, 3.63) is 64.7 Å². The lowest BCUT2D eigenvalue weighted by atomic mass is 9.89. The van der Waals surface area contributed by atoms with E-state index in [1.165, 1.54) is 25.3 Å². The summed E-state index contributed by atoms with van der Waals surface area (Å²) in [5, 5.41) is 9.85. The summed E-state index contributed by atoms with van der Waals surface area (Å²) in [5.41, 5.74) is 5.07. The summed E-state index contributed by atoms with van der Waals surface area (Å²) >= 11 is 0. The van der Waals surface area contributed by atoms with Crippen molar-refractivity contribution in [3.8, 4) is 0 Å². The third-order valence-corrected chi connectivity index (χ3v) is 8.26. The van der Waals surface area contributed by atoms with Crippen LogP contribution >= 0.6 is 0 Å². The number of benzene rings is 2. The number of fused-ring (bicyclic) bond motifs is 6. The molecule has 8 heteroatoms. The first-order valence-corrected chi connectivity index (χ1v) is 11.9. The highest BCUT2D eigenvalue weighted by Gasteiger charge is 2.56. The van der Waals surface area contributed by atoms with Gasteiger partial charge in [-0.2, -0.15) is 10.2 Å². The topological polar surface area (TPSA) is 83.8 Å². The Labute approximate surface area is 198 Å². The maximum Gasteiger partial charge on any atom is 0.409 e. The fourth-order valence-corrected chi connectivity index (χ4v) is 6.72. The molecule has 176 valence electrons. The van der Waals surface area contributed by atoms with E-state index in [2.05, 4.69) is 18.2 Å². The van der Waals surface area contributed by atoms with Gasteiger partial charge < -0.3 is 19.3 Å². The minimum absolute atomic E-state index is 0.105. The number of hydrogen-bond acceptors (Lipinski definition) is 6. The first-order valence-electron chi connectivity index (χ1n) is 11.9. The molecule has 0 saturated carbocycles. The summed E-state index contributed by atoms with van der Waals surface area (Å²) in [6.07, 6.45) is 2.57. The van der Waals surface area contributed by atoms with Crippen LogP contribution in [-0.2, 0) is 27.9 Å². The predicted molar refractivity (Wildman–Crippen MR) is 124 cm³/mol. The SMILES string of the molecule is COC(=O)N1CC[C@@H]2c3cccc(N=N[C@]45CCN(C(=O)OC)C4Cc4ccccc45)c3CC21. The van der Waals surface area contributed by atoms with E-state index in [1.807, 2.05) is 29.2 Å². The molecular formula is C26H28N4O4. The molecule has 4 aliphatic rings. The highest BCUT2D eigenvalue weighted by molar-refractivity contribution is 5.70. The van der Waals surface area contributed by atoms with E-state index in [9.17, 15) is 9.59 Å². The third kappa shape index (κ3) is 2.90. The number of ether oxygens (including phenoxy) is 2. The monoisotopic (exact) mass is 460 g/mol. The number of rotatable bonds is 2. The average molecular weight is 461 g/mol. The summed E-state index contributed by atoms with van der Waals surface area (Å²) in [6.45, 7) is 1.31. The van der Waals surface area contributed by atoms with Crippen molar-refractivity contribution in [2.24, 2.45) is 10.2 Å².